The molecule has 0 bridgehead atoms. The molecule has 5 nitrogen and oxygen atoms in total. The molecule has 1 fully saturated rings. The zero-order valence-electron chi connectivity index (χ0n) is 12.5. The van der Waals surface area contributed by atoms with Crippen LogP contribution in [0, 0.1) is 0 Å². The van der Waals surface area contributed by atoms with Gasteiger partial charge in [0.1, 0.15) is 0 Å². The second-order valence-corrected chi connectivity index (χ2v) is 10.1. The van der Waals surface area contributed by atoms with Gasteiger partial charge in [0.25, 0.3) is 0 Å². The van der Waals surface area contributed by atoms with E-state index in [2.05, 4.69) is 4.98 Å². The van der Waals surface area contributed by atoms with Crippen molar-refractivity contribution in [1.29, 1.82) is 0 Å². The standard InChI is InChI=1S/C15H18N2O3S2/c1-15(2)11-17(9-10-21(15)18)22(19,20)14-7-3-6-13-12(14)5-4-8-16-13/h3-8H,9-11H2,1-2H3/t21-/m1/s1. The summed E-state index contributed by atoms with van der Waals surface area (Å²) in [6.07, 6.45) is 1.64. The molecule has 0 aliphatic carbocycles. The molecule has 1 aromatic carbocycles. The third-order valence-electron chi connectivity index (χ3n) is 3.92. The molecular formula is C15H18N2O3S2. The van der Waals surface area contributed by atoms with Crippen molar-refractivity contribution in [1.82, 2.24) is 9.29 Å². The molecule has 0 N–H and O–H groups in total. The van der Waals surface area contributed by atoms with Crippen LogP contribution in [0.25, 0.3) is 10.9 Å². The van der Waals surface area contributed by atoms with Gasteiger partial charge in [-0.05, 0) is 38.1 Å². The second-order valence-electron chi connectivity index (χ2n) is 5.97. The summed E-state index contributed by atoms with van der Waals surface area (Å²) >= 11 is 0. The van der Waals surface area contributed by atoms with Gasteiger partial charge in [0.05, 0.1) is 15.2 Å². The van der Waals surface area contributed by atoms with Gasteiger partial charge in [-0.2, -0.15) is 4.31 Å². The van der Waals surface area contributed by atoms with Gasteiger partial charge in [0, 0.05) is 41.2 Å². The first kappa shape index (κ1) is 15.6. The van der Waals surface area contributed by atoms with Crippen LogP contribution in [-0.4, -0.2) is 45.5 Å². The molecule has 7 heteroatoms. The molecule has 2 heterocycles. The lowest BCUT2D eigenvalue weighted by atomic mass is 10.2. The minimum Gasteiger partial charge on any atom is -0.259 e. The Morgan fingerprint density at radius 1 is 1.23 bits per heavy atom. The lowest BCUT2D eigenvalue weighted by Gasteiger charge is -2.36. The Bertz CT molecular complexity index is 841. The maximum atomic E-state index is 13.0. The number of hydrogen-bond acceptors (Lipinski definition) is 4. The number of fused-ring (bicyclic) bond motifs is 1. The van der Waals surface area contributed by atoms with Gasteiger partial charge in [-0.15, -0.1) is 0 Å². The van der Waals surface area contributed by atoms with E-state index in [1.807, 2.05) is 13.8 Å². The van der Waals surface area contributed by atoms with Crippen LogP contribution in [0.15, 0.2) is 41.4 Å². The molecule has 1 aromatic heterocycles. The average molecular weight is 338 g/mol. The van der Waals surface area contributed by atoms with Crippen LogP contribution in [0.1, 0.15) is 13.8 Å². The Morgan fingerprint density at radius 2 is 2.00 bits per heavy atom. The van der Waals surface area contributed by atoms with Crippen molar-refractivity contribution in [2.75, 3.05) is 18.8 Å². The molecule has 2 aromatic rings. The van der Waals surface area contributed by atoms with Gasteiger partial charge in [-0.3, -0.25) is 9.19 Å². The lowest BCUT2D eigenvalue weighted by Crippen LogP contribution is -2.51. The predicted octanol–water partition coefficient (Wildman–Crippen LogP) is 1.77. The molecule has 3 rings (SSSR count). The van der Waals surface area contributed by atoms with Gasteiger partial charge >= 0.3 is 0 Å². The highest BCUT2D eigenvalue weighted by Crippen LogP contribution is 2.29. The van der Waals surface area contributed by atoms with E-state index in [4.69, 9.17) is 0 Å². The summed E-state index contributed by atoms with van der Waals surface area (Å²) < 4.78 is 38.9. The van der Waals surface area contributed by atoms with Crippen LogP contribution in [-0.2, 0) is 20.8 Å². The van der Waals surface area contributed by atoms with E-state index in [-0.39, 0.29) is 18.0 Å². The van der Waals surface area contributed by atoms with Crippen LogP contribution in [0.2, 0.25) is 0 Å². The average Bonchev–Trinajstić information content (AvgIpc) is 2.49. The fourth-order valence-corrected chi connectivity index (χ4v) is 5.92. The zero-order chi connectivity index (χ0) is 16.0. The van der Waals surface area contributed by atoms with Crippen LogP contribution >= 0.6 is 0 Å². The quantitative estimate of drug-likeness (QED) is 0.837. The smallest absolute Gasteiger partial charge is 0.243 e. The van der Waals surface area contributed by atoms with E-state index >= 15 is 0 Å². The molecule has 1 saturated heterocycles. The summed E-state index contributed by atoms with van der Waals surface area (Å²) in [5, 5.41) is 0.620. The molecule has 0 amide bonds. The summed E-state index contributed by atoms with van der Waals surface area (Å²) in [6, 6.07) is 8.61. The van der Waals surface area contributed by atoms with Crippen LogP contribution in [0.5, 0.6) is 0 Å². The summed E-state index contributed by atoms with van der Waals surface area (Å²) in [7, 11) is -4.63. The minimum absolute atomic E-state index is 0.262. The normalized spacial score (nSPS) is 22.7. The summed E-state index contributed by atoms with van der Waals surface area (Å²) in [5.74, 6) is 0.370. The van der Waals surface area contributed by atoms with Crippen molar-refractivity contribution in [3.8, 4) is 0 Å². The maximum Gasteiger partial charge on any atom is 0.243 e. The van der Waals surface area contributed by atoms with Crippen molar-refractivity contribution in [2.45, 2.75) is 23.5 Å². The van der Waals surface area contributed by atoms with Crippen LogP contribution in [0.4, 0.5) is 0 Å². The summed E-state index contributed by atoms with van der Waals surface area (Å²) in [4.78, 5) is 4.47. The fourth-order valence-electron chi connectivity index (χ4n) is 2.68. The summed E-state index contributed by atoms with van der Waals surface area (Å²) in [5.41, 5.74) is 0.656. The van der Waals surface area contributed by atoms with Crippen molar-refractivity contribution >= 4 is 31.7 Å². The number of hydrogen-bond donors (Lipinski definition) is 0. The Kier molecular flexibility index (Phi) is 3.82. The SMILES string of the molecule is CC1(C)CN(S(=O)(=O)c2cccc3ncccc23)CC[S@]1=O. The lowest BCUT2D eigenvalue weighted by molar-refractivity contribution is 0.379. The first-order valence-corrected chi connectivity index (χ1v) is 9.81. The molecule has 1 aliphatic rings. The first-order chi connectivity index (χ1) is 10.3. The van der Waals surface area contributed by atoms with Gasteiger partial charge in [0.15, 0.2) is 0 Å². The number of nitrogens with zero attached hydrogens (tertiary/aromatic N) is 2. The minimum atomic E-state index is -3.62. The molecular weight excluding hydrogens is 320 g/mol. The van der Waals surface area contributed by atoms with Gasteiger partial charge in [-0.1, -0.05) is 6.07 Å². The Labute approximate surface area is 132 Å². The van der Waals surface area contributed by atoms with Crippen LogP contribution in [0.3, 0.4) is 0 Å². The van der Waals surface area contributed by atoms with Gasteiger partial charge in [0.2, 0.25) is 10.0 Å². The van der Waals surface area contributed by atoms with E-state index in [1.54, 1.807) is 36.5 Å². The molecule has 0 radical (unpaired) electrons. The first-order valence-electron chi connectivity index (χ1n) is 7.05. The van der Waals surface area contributed by atoms with Crippen molar-refractivity contribution in [3.63, 3.8) is 0 Å². The van der Waals surface area contributed by atoms with E-state index in [0.29, 0.717) is 16.7 Å². The Hall–Kier alpha value is -1.31. The number of sulfonamides is 1. The van der Waals surface area contributed by atoms with E-state index in [0.717, 1.165) is 0 Å². The van der Waals surface area contributed by atoms with Gasteiger partial charge < -0.3 is 0 Å². The zero-order valence-corrected chi connectivity index (χ0v) is 14.2. The number of aromatic nitrogens is 1. The maximum absolute atomic E-state index is 13.0. The topological polar surface area (TPSA) is 67.3 Å². The fraction of sp³-hybridized carbons (Fsp3) is 0.400. The highest BCUT2D eigenvalue weighted by atomic mass is 32.2. The van der Waals surface area contributed by atoms with Crippen molar-refractivity contribution in [3.05, 3.63) is 36.5 Å². The molecule has 118 valence electrons. The van der Waals surface area contributed by atoms with E-state index < -0.39 is 25.6 Å². The molecule has 0 saturated carbocycles. The highest BCUT2D eigenvalue weighted by Gasteiger charge is 2.39. The van der Waals surface area contributed by atoms with Crippen molar-refractivity contribution in [2.24, 2.45) is 0 Å². The third kappa shape index (κ3) is 2.57. The molecule has 22 heavy (non-hydrogen) atoms. The van der Waals surface area contributed by atoms with E-state index in [9.17, 15) is 12.6 Å². The third-order valence-corrected chi connectivity index (χ3v) is 7.74. The summed E-state index contributed by atoms with van der Waals surface area (Å²) in [6.45, 7) is 4.23. The number of rotatable bonds is 2. The number of pyridine rings is 1. The predicted molar refractivity (Wildman–Crippen MR) is 87.6 cm³/mol. The van der Waals surface area contributed by atoms with Gasteiger partial charge in [-0.25, -0.2) is 8.42 Å². The Balaban J connectivity index is 2.08. The molecule has 0 unspecified atom stereocenters. The molecule has 1 aliphatic heterocycles. The second kappa shape index (κ2) is 5.40. The largest absolute Gasteiger partial charge is 0.259 e. The monoisotopic (exact) mass is 338 g/mol. The van der Waals surface area contributed by atoms with Crippen LogP contribution < -0.4 is 0 Å². The molecule has 1 atom stereocenters. The van der Waals surface area contributed by atoms with E-state index in [1.165, 1.54) is 4.31 Å². The molecule has 0 spiro atoms. The number of benzene rings is 1. The Morgan fingerprint density at radius 3 is 2.73 bits per heavy atom. The highest BCUT2D eigenvalue weighted by molar-refractivity contribution is 7.90. The van der Waals surface area contributed by atoms with Crippen molar-refractivity contribution < 1.29 is 12.6 Å².